The predicted octanol–water partition coefficient (Wildman–Crippen LogP) is 7.82. The second-order valence-electron chi connectivity index (χ2n) is 12.4. The van der Waals surface area contributed by atoms with E-state index in [-0.39, 0.29) is 23.5 Å². The Morgan fingerprint density at radius 2 is 1.89 bits per heavy atom. The number of hydrogen-bond donors (Lipinski definition) is 0. The van der Waals surface area contributed by atoms with Gasteiger partial charge in [-0.05, 0) is 86.7 Å². The van der Waals surface area contributed by atoms with Crippen LogP contribution in [0.1, 0.15) is 106 Å². The summed E-state index contributed by atoms with van der Waals surface area (Å²) >= 11 is 0. The van der Waals surface area contributed by atoms with E-state index in [0.29, 0.717) is 37.0 Å². The van der Waals surface area contributed by atoms with Gasteiger partial charge in [0, 0.05) is 26.7 Å². The molecular weight excluding hydrogens is 455 g/mol. The Morgan fingerprint density at radius 1 is 1.19 bits per heavy atom. The highest BCUT2D eigenvalue weighted by molar-refractivity contribution is 5.67. The third-order valence-corrected chi connectivity index (χ3v) is 9.02. The summed E-state index contributed by atoms with van der Waals surface area (Å²) in [6.45, 7) is 15.3. The zero-order chi connectivity index (χ0) is 26.7. The molecule has 36 heavy (non-hydrogen) atoms. The number of rotatable bonds is 8. The van der Waals surface area contributed by atoms with Crippen molar-refractivity contribution in [2.75, 3.05) is 0 Å². The highest BCUT2D eigenvalue weighted by atomic mass is 19.1. The van der Waals surface area contributed by atoms with Crippen LogP contribution in [0, 0.1) is 23.2 Å². The second kappa shape index (κ2) is 11.6. The fourth-order valence-electron chi connectivity index (χ4n) is 7.33. The van der Waals surface area contributed by atoms with Gasteiger partial charge in [-0.25, -0.2) is 4.39 Å². The van der Waals surface area contributed by atoms with Crippen LogP contribution >= 0.6 is 0 Å². The fourth-order valence-corrected chi connectivity index (χ4v) is 7.33. The SMILES string of the molecule is C=C1/C(=C\C=C2CCC[C@@]3(C)C2CC[C@@H]3[C@H](C)CCCC(C)(C)F)C[C@@H](OC(C)=O)C[C@H]1OC(C)=O. The van der Waals surface area contributed by atoms with E-state index in [4.69, 9.17) is 9.47 Å². The molecule has 0 aliphatic heterocycles. The van der Waals surface area contributed by atoms with Crippen molar-refractivity contribution < 1.29 is 23.5 Å². The number of allylic oxidation sites excluding steroid dienone is 3. The molecule has 3 rings (SSSR count). The number of fused-ring (bicyclic) bond motifs is 1. The van der Waals surface area contributed by atoms with Gasteiger partial charge in [0.15, 0.2) is 0 Å². The Hall–Kier alpha value is -1.91. The van der Waals surface area contributed by atoms with Gasteiger partial charge in [0.2, 0.25) is 0 Å². The number of halogens is 1. The molecule has 6 atom stereocenters. The molecule has 0 aromatic carbocycles. The molecule has 0 heterocycles. The molecule has 202 valence electrons. The van der Waals surface area contributed by atoms with Crippen LogP contribution < -0.4 is 0 Å². The van der Waals surface area contributed by atoms with E-state index in [9.17, 15) is 14.0 Å². The quantitative estimate of drug-likeness (QED) is 0.317. The first-order valence-electron chi connectivity index (χ1n) is 13.9. The van der Waals surface area contributed by atoms with Crippen molar-refractivity contribution in [2.45, 2.75) is 124 Å². The van der Waals surface area contributed by atoms with Crippen molar-refractivity contribution >= 4 is 11.9 Å². The third-order valence-electron chi connectivity index (χ3n) is 9.02. The van der Waals surface area contributed by atoms with Gasteiger partial charge in [-0.1, -0.05) is 51.0 Å². The summed E-state index contributed by atoms with van der Waals surface area (Å²) in [5.74, 6) is 1.17. The zero-order valence-corrected chi connectivity index (χ0v) is 23.3. The summed E-state index contributed by atoms with van der Waals surface area (Å²) in [7, 11) is 0. The summed E-state index contributed by atoms with van der Waals surface area (Å²) in [6, 6.07) is 0. The molecule has 0 bridgehead atoms. The number of esters is 2. The van der Waals surface area contributed by atoms with Gasteiger partial charge >= 0.3 is 11.9 Å². The van der Waals surface area contributed by atoms with Gasteiger partial charge in [0.05, 0.1) is 0 Å². The number of alkyl halides is 1. The summed E-state index contributed by atoms with van der Waals surface area (Å²) < 4.78 is 25.0. The second-order valence-corrected chi connectivity index (χ2v) is 12.4. The molecule has 0 saturated heterocycles. The largest absolute Gasteiger partial charge is 0.462 e. The molecule has 0 aromatic heterocycles. The average Bonchev–Trinajstić information content (AvgIpc) is 3.10. The van der Waals surface area contributed by atoms with Crippen LogP contribution in [0.5, 0.6) is 0 Å². The Kier molecular flexibility index (Phi) is 9.27. The average molecular weight is 503 g/mol. The maximum Gasteiger partial charge on any atom is 0.303 e. The maximum atomic E-state index is 14.0. The topological polar surface area (TPSA) is 52.6 Å². The fraction of sp³-hybridized carbons (Fsp3) is 0.742. The van der Waals surface area contributed by atoms with Crippen molar-refractivity contribution in [1.82, 2.24) is 0 Å². The van der Waals surface area contributed by atoms with Crippen LogP contribution in [0.3, 0.4) is 0 Å². The van der Waals surface area contributed by atoms with E-state index in [1.54, 1.807) is 13.8 Å². The molecule has 0 radical (unpaired) electrons. The van der Waals surface area contributed by atoms with Crippen molar-refractivity contribution in [2.24, 2.45) is 23.2 Å². The summed E-state index contributed by atoms with van der Waals surface area (Å²) in [6.07, 6.45) is 13.4. The molecule has 5 heteroatoms. The number of carbonyl (C=O) groups excluding carboxylic acids is 2. The van der Waals surface area contributed by atoms with Gasteiger partial charge in [0.1, 0.15) is 17.9 Å². The van der Waals surface area contributed by atoms with Crippen LogP contribution in [0.4, 0.5) is 4.39 Å². The standard InChI is InChI=1S/C31H47FO4/c1-20(10-8-16-30(5,6)32)27-14-15-28-24(11-9-17-31(27,28)7)12-13-25-18-26(35-22(3)33)19-29(21(25)2)36-23(4)34/h12-13,20,26-29H,2,8-11,14-19H2,1,3-7H3/b24-12?,25-13-/t20-,26-,27-,28?,29-,31-/m1/s1. The van der Waals surface area contributed by atoms with Crippen molar-refractivity contribution in [3.8, 4) is 0 Å². The van der Waals surface area contributed by atoms with Gasteiger partial charge in [-0.3, -0.25) is 9.59 Å². The van der Waals surface area contributed by atoms with E-state index in [2.05, 4.69) is 32.6 Å². The first kappa shape index (κ1) is 28.7. The number of hydrogen-bond acceptors (Lipinski definition) is 4. The molecule has 3 saturated carbocycles. The minimum absolute atomic E-state index is 0.289. The summed E-state index contributed by atoms with van der Waals surface area (Å²) in [5, 5.41) is 0. The summed E-state index contributed by atoms with van der Waals surface area (Å²) in [5.41, 5.74) is 2.51. The van der Waals surface area contributed by atoms with Crippen molar-refractivity contribution in [3.63, 3.8) is 0 Å². The lowest BCUT2D eigenvalue weighted by Crippen LogP contribution is -2.36. The monoisotopic (exact) mass is 502 g/mol. The Bertz CT molecular complexity index is 895. The highest BCUT2D eigenvalue weighted by Crippen LogP contribution is 2.60. The maximum absolute atomic E-state index is 14.0. The molecular formula is C31H47FO4. The van der Waals surface area contributed by atoms with Crippen LogP contribution in [0.25, 0.3) is 0 Å². The van der Waals surface area contributed by atoms with Crippen LogP contribution in [0.15, 0.2) is 35.5 Å². The lowest BCUT2D eigenvalue weighted by molar-refractivity contribution is -0.152. The van der Waals surface area contributed by atoms with E-state index in [0.717, 1.165) is 30.4 Å². The van der Waals surface area contributed by atoms with Crippen LogP contribution in [-0.4, -0.2) is 29.8 Å². The Labute approximate surface area is 217 Å². The first-order valence-corrected chi connectivity index (χ1v) is 13.9. The summed E-state index contributed by atoms with van der Waals surface area (Å²) in [4.78, 5) is 23.2. The molecule has 0 amide bonds. The highest BCUT2D eigenvalue weighted by Gasteiger charge is 2.50. The van der Waals surface area contributed by atoms with Gasteiger partial charge < -0.3 is 9.47 Å². The van der Waals surface area contributed by atoms with Crippen LogP contribution in [0.2, 0.25) is 0 Å². The lowest BCUT2D eigenvalue weighted by Gasteiger charge is -2.44. The molecule has 3 aliphatic rings. The number of ether oxygens (including phenoxy) is 2. The predicted molar refractivity (Wildman–Crippen MR) is 142 cm³/mol. The lowest BCUT2D eigenvalue weighted by atomic mass is 9.60. The minimum atomic E-state index is -1.08. The molecule has 0 aromatic rings. The number of carbonyl (C=O) groups is 2. The van der Waals surface area contributed by atoms with E-state index in [1.807, 2.05) is 0 Å². The third kappa shape index (κ3) is 7.10. The van der Waals surface area contributed by atoms with Crippen LogP contribution in [-0.2, 0) is 19.1 Å². The van der Waals surface area contributed by atoms with E-state index in [1.165, 1.54) is 45.1 Å². The molecule has 3 aliphatic carbocycles. The smallest absolute Gasteiger partial charge is 0.303 e. The van der Waals surface area contributed by atoms with Crippen molar-refractivity contribution in [1.29, 1.82) is 0 Å². The van der Waals surface area contributed by atoms with Crippen molar-refractivity contribution in [3.05, 3.63) is 35.5 Å². The van der Waals surface area contributed by atoms with E-state index >= 15 is 0 Å². The van der Waals surface area contributed by atoms with Gasteiger partial charge in [0.25, 0.3) is 0 Å². The molecule has 1 unspecified atom stereocenters. The molecule has 3 fully saturated rings. The minimum Gasteiger partial charge on any atom is -0.462 e. The van der Waals surface area contributed by atoms with Gasteiger partial charge in [-0.2, -0.15) is 0 Å². The normalized spacial score (nSPS) is 33.9. The molecule has 4 nitrogen and oxygen atoms in total. The first-order chi connectivity index (χ1) is 16.8. The van der Waals surface area contributed by atoms with Gasteiger partial charge in [-0.15, -0.1) is 0 Å². The molecule has 0 N–H and O–H groups in total. The molecule has 0 spiro atoms. The Balaban J connectivity index is 1.75. The zero-order valence-electron chi connectivity index (χ0n) is 23.3. The Morgan fingerprint density at radius 3 is 2.53 bits per heavy atom. The van der Waals surface area contributed by atoms with E-state index < -0.39 is 11.8 Å².